The van der Waals surface area contributed by atoms with Gasteiger partial charge in [0.15, 0.2) is 5.17 Å². The third-order valence-electron chi connectivity index (χ3n) is 3.88. The number of nitrogens with zero attached hydrogens (tertiary/aromatic N) is 3. The third-order valence-corrected chi connectivity index (χ3v) is 4.95. The predicted octanol–water partition coefficient (Wildman–Crippen LogP) is 2.53. The van der Waals surface area contributed by atoms with Crippen molar-refractivity contribution in [2.24, 2.45) is 10.2 Å². The van der Waals surface area contributed by atoms with Crippen LogP contribution in [0.15, 0.2) is 58.7 Å². The molecule has 146 valence electrons. The summed E-state index contributed by atoms with van der Waals surface area (Å²) in [6.45, 7) is 0.264. The van der Waals surface area contributed by atoms with E-state index < -0.39 is 11.2 Å². The van der Waals surface area contributed by atoms with Gasteiger partial charge >= 0.3 is 5.97 Å². The molecule has 8 nitrogen and oxygen atoms in total. The van der Waals surface area contributed by atoms with Crippen molar-refractivity contribution in [3.05, 3.63) is 65.2 Å². The zero-order valence-corrected chi connectivity index (χ0v) is 15.9. The number of amidine groups is 1. The van der Waals surface area contributed by atoms with Crippen LogP contribution in [0, 0.1) is 11.3 Å². The van der Waals surface area contributed by atoms with E-state index >= 15 is 0 Å². The number of aliphatic carboxylic acids is 1. The molecule has 1 amide bonds. The third kappa shape index (κ3) is 5.67. The number of ether oxygens (including phenoxy) is 1. The second kappa shape index (κ2) is 9.52. The largest absolute Gasteiger partial charge is 0.489 e. The van der Waals surface area contributed by atoms with Crippen LogP contribution < -0.4 is 10.1 Å². The molecule has 3 rings (SSSR count). The molecule has 1 atom stereocenters. The SMILES string of the molecule is N#Cc1ccccc1COc1cccc(C=NN=C2NC(=O)C(CC(=O)O)S2)c1. The Balaban J connectivity index is 1.61. The van der Waals surface area contributed by atoms with Crippen LogP contribution in [0.5, 0.6) is 5.75 Å². The second-order valence-electron chi connectivity index (χ2n) is 5.97. The molecule has 29 heavy (non-hydrogen) atoms. The maximum absolute atomic E-state index is 11.7. The highest BCUT2D eigenvalue weighted by molar-refractivity contribution is 8.15. The monoisotopic (exact) mass is 408 g/mol. The highest BCUT2D eigenvalue weighted by atomic mass is 32.2. The second-order valence-corrected chi connectivity index (χ2v) is 7.16. The molecule has 1 saturated heterocycles. The summed E-state index contributed by atoms with van der Waals surface area (Å²) < 4.78 is 5.75. The Morgan fingerprint density at radius 3 is 2.93 bits per heavy atom. The van der Waals surface area contributed by atoms with Crippen molar-refractivity contribution in [1.82, 2.24) is 5.32 Å². The van der Waals surface area contributed by atoms with Gasteiger partial charge in [0.1, 0.15) is 17.6 Å². The smallest absolute Gasteiger partial charge is 0.305 e. The fraction of sp³-hybridized carbons (Fsp3) is 0.150. The number of nitrogens with one attached hydrogen (secondary N) is 1. The number of nitriles is 1. The van der Waals surface area contributed by atoms with Crippen molar-refractivity contribution in [3.63, 3.8) is 0 Å². The van der Waals surface area contributed by atoms with Crippen LogP contribution >= 0.6 is 11.8 Å². The van der Waals surface area contributed by atoms with E-state index in [0.717, 1.165) is 22.9 Å². The molecule has 1 fully saturated rings. The predicted molar refractivity (Wildman–Crippen MR) is 109 cm³/mol. The normalized spacial score (nSPS) is 17.3. The van der Waals surface area contributed by atoms with Crippen molar-refractivity contribution in [3.8, 4) is 11.8 Å². The Bertz CT molecular complexity index is 1030. The molecule has 9 heteroatoms. The minimum Gasteiger partial charge on any atom is -0.489 e. The summed E-state index contributed by atoms with van der Waals surface area (Å²) in [5.41, 5.74) is 2.10. The number of thioether (sulfide) groups is 1. The van der Waals surface area contributed by atoms with E-state index in [1.807, 2.05) is 18.2 Å². The Kier molecular flexibility index (Phi) is 6.60. The lowest BCUT2D eigenvalue weighted by Gasteiger charge is -2.08. The number of hydrogen-bond acceptors (Lipinski definition) is 7. The van der Waals surface area contributed by atoms with Crippen LogP contribution in [-0.4, -0.2) is 33.6 Å². The number of carbonyl (C=O) groups excluding carboxylic acids is 1. The molecular weight excluding hydrogens is 392 g/mol. The summed E-state index contributed by atoms with van der Waals surface area (Å²) in [5, 5.41) is 27.8. The van der Waals surface area contributed by atoms with Gasteiger partial charge in [0.2, 0.25) is 5.91 Å². The Hall–Kier alpha value is -3.64. The van der Waals surface area contributed by atoms with E-state index in [2.05, 4.69) is 21.6 Å². The summed E-state index contributed by atoms with van der Waals surface area (Å²) in [7, 11) is 0. The molecular formula is C20H16N4O4S. The number of carboxylic acids is 1. The molecule has 0 aromatic heterocycles. The molecule has 0 saturated carbocycles. The van der Waals surface area contributed by atoms with E-state index in [9.17, 15) is 9.59 Å². The number of hydrogen-bond donors (Lipinski definition) is 2. The fourth-order valence-corrected chi connectivity index (χ4v) is 3.41. The van der Waals surface area contributed by atoms with Gasteiger partial charge in [-0.1, -0.05) is 42.1 Å². The van der Waals surface area contributed by atoms with Gasteiger partial charge in [-0.05, 0) is 23.8 Å². The molecule has 2 aromatic rings. The van der Waals surface area contributed by atoms with E-state index in [1.54, 1.807) is 30.3 Å². The number of benzene rings is 2. The van der Waals surface area contributed by atoms with Gasteiger partial charge in [0, 0.05) is 5.56 Å². The first-order valence-corrected chi connectivity index (χ1v) is 9.44. The summed E-state index contributed by atoms with van der Waals surface area (Å²) in [6.07, 6.45) is 1.23. The van der Waals surface area contributed by atoms with Crippen molar-refractivity contribution < 1.29 is 19.4 Å². The van der Waals surface area contributed by atoms with Crippen LogP contribution in [0.25, 0.3) is 0 Å². The molecule has 1 heterocycles. The first kappa shape index (κ1) is 20.1. The summed E-state index contributed by atoms with van der Waals surface area (Å²) in [6, 6.07) is 16.5. The molecule has 0 bridgehead atoms. The summed E-state index contributed by atoms with van der Waals surface area (Å²) in [5.74, 6) is -0.824. The molecule has 1 aliphatic heterocycles. The van der Waals surface area contributed by atoms with Crippen LogP contribution in [-0.2, 0) is 16.2 Å². The number of rotatable bonds is 7. The lowest BCUT2D eigenvalue weighted by Crippen LogP contribution is -2.26. The Morgan fingerprint density at radius 1 is 1.31 bits per heavy atom. The fourth-order valence-electron chi connectivity index (χ4n) is 2.49. The summed E-state index contributed by atoms with van der Waals surface area (Å²) in [4.78, 5) is 22.4. The van der Waals surface area contributed by atoms with Crippen LogP contribution in [0.2, 0.25) is 0 Å². The molecule has 1 unspecified atom stereocenters. The molecule has 2 N–H and O–H groups in total. The van der Waals surface area contributed by atoms with Gasteiger partial charge in [0.25, 0.3) is 0 Å². The van der Waals surface area contributed by atoms with Crippen LogP contribution in [0.4, 0.5) is 0 Å². The lowest BCUT2D eigenvalue weighted by molar-refractivity contribution is -0.138. The quantitative estimate of drug-likeness (QED) is 0.536. The van der Waals surface area contributed by atoms with E-state index in [0.29, 0.717) is 11.3 Å². The van der Waals surface area contributed by atoms with Gasteiger partial charge < -0.3 is 15.2 Å². The first-order valence-electron chi connectivity index (χ1n) is 8.56. The minimum atomic E-state index is -1.04. The topological polar surface area (TPSA) is 124 Å². The number of amides is 1. The molecule has 0 spiro atoms. The maximum atomic E-state index is 11.7. The average molecular weight is 408 g/mol. The van der Waals surface area contributed by atoms with Crippen molar-refractivity contribution >= 4 is 35.0 Å². The van der Waals surface area contributed by atoms with Gasteiger partial charge in [-0.2, -0.15) is 10.4 Å². The highest BCUT2D eigenvalue weighted by Crippen LogP contribution is 2.22. The molecule has 0 aliphatic carbocycles. The Morgan fingerprint density at radius 2 is 2.14 bits per heavy atom. The first-order chi connectivity index (χ1) is 14.0. The Labute approximate surface area is 170 Å². The zero-order chi connectivity index (χ0) is 20.6. The van der Waals surface area contributed by atoms with Gasteiger partial charge in [-0.3, -0.25) is 9.59 Å². The summed E-state index contributed by atoms with van der Waals surface area (Å²) >= 11 is 1.04. The van der Waals surface area contributed by atoms with Crippen molar-refractivity contribution in [2.45, 2.75) is 18.3 Å². The number of carboxylic acid groups (broad SMARTS) is 1. The average Bonchev–Trinajstić information content (AvgIpc) is 3.05. The van der Waals surface area contributed by atoms with E-state index in [-0.39, 0.29) is 24.1 Å². The van der Waals surface area contributed by atoms with Crippen molar-refractivity contribution in [2.75, 3.05) is 0 Å². The van der Waals surface area contributed by atoms with Crippen LogP contribution in [0.3, 0.4) is 0 Å². The standard InChI is InChI=1S/C20H16N4O4S/c21-10-14-5-1-2-6-15(14)12-28-16-7-3-4-13(8-16)11-22-24-20-23-19(27)17(29-20)9-18(25)26/h1-8,11,17H,9,12H2,(H,25,26)(H,23,24,27). The highest BCUT2D eigenvalue weighted by Gasteiger charge is 2.32. The maximum Gasteiger partial charge on any atom is 0.305 e. The van der Waals surface area contributed by atoms with Crippen molar-refractivity contribution in [1.29, 1.82) is 5.26 Å². The van der Waals surface area contributed by atoms with Gasteiger partial charge in [-0.15, -0.1) is 5.10 Å². The minimum absolute atomic E-state index is 0.262. The molecule has 2 aromatic carbocycles. The van der Waals surface area contributed by atoms with E-state index in [1.165, 1.54) is 6.21 Å². The lowest BCUT2D eigenvalue weighted by atomic mass is 10.1. The zero-order valence-electron chi connectivity index (χ0n) is 15.1. The molecule has 1 aliphatic rings. The van der Waals surface area contributed by atoms with Gasteiger partial charge in [-0.25, -0.2) is 0 Å². The van der Waals surface area contributed by atoms with Gasteiger partial charge in [0.05, 0.1) is 24.3 Å². The number of carbonyl (C=O) groups is 2. The van der Waals surface area contributed by atoms with E-state index in [4.69, 9.17) is 15.1 Å². The van der Waals surface area contributed by atoms with Crippen LogP contribution in [0.1, 0.15) is 23.1 Å². The molecule has 0 radical (unpaired) electrons.